The van der Waals surface area contributed by atoms with Crippen molar-refractivity contribution >= 4 is 40.6 Å². The molecule has 1 aliphatic heterocycles. The van der Waals surface area contributed by atoms with Gasteiger partial charge in [-0.15, -0.1) is 23.7 Å². The maximum Gasteiger partial charge on any atom is 0.256 e. The highest BCUT2D eigenvalue weighted by molar-refractivity contribution is 7.17. The molecule has 0 unspecified atom stereocenters. The fourth-order valence-corrected chi connectivity index (χ4v) is 4.13. The standard InChI is InChI=1S/C17H19N3O2S.ClH/c1-2-20-9-8-12-13(10-20)23-17(14(12)15(18)21)19-16(22)11-6-4-3-5-7-11;/h3-7H,2,8-10H2,1H3,(H2,18,21)(H,19,22);1H. The Balaban J connectivity index is 0.00000208. The van der Waals surface area contributed by atoms with E-state index in [1.165, 1.54) is 11.3 Å². The van der Waals surface area contributed by atoms with Gasteiger partial charge < -0.3 is 11.1 Å². The number of nitrogens with one attached hydrogen (secondary N) is 1. The number of carbonyl (C=O) groups is 2. The van der Waals surface area contributed by atoms with Crippen molar-refractivity contribution in [3.63, 3.8) is 0 Å². The maximum absolute atomic E-state index is 12.4. The van der Waals surface area contributed by atoms with Crippen LogP contribution in [-0.4, -0.2) is 29.8 Å². The van der Waals surface area contributed by atoms with Crippen molar-refractivity contribution < 1.29 is 9.59 Å². The molecule has 0 saturated carbocycles. The molecule has 2 amide bonds. The summed E-state index contributed by atoms with van der Waals surface area (Å²) in [5.74, 6) is -0.699. The van der Waals surface area contributed by atoms with Gasteiger partial charge in [0.25, 0.3) is 11.8 Å². The van der Waals surface area contributed by atoms with E-state index in [2.05, 4.69) is 17.1 Å². The molecule has 0 aliphatic carbocycles. The number of carbonyl (C=O) groups excluding carboxylic acids is 2. The third kappa shape index (κ3) is 3.61. The minimum Gasteiger partial charge on any atom is -0.365 e. The molecule has 0 atom stereocenters. The van der Waals surface area contributed by atoms with Gasteiger partial charge in [0.2, 0.25) is 0 Å². The minimum absolute atomic E-state index is 0. The Morgan fingerprint density at radius 3 is 2.62 bits per heavy atom. The Hall–Kier alpha value is -1.89. The van der Waals surface area contributed by atoms with Crippen LogP contribution in [0.15, 0.2) is 30.3 Å². The summed E-state index contributed by atoms with van der Waals surface area (Å²) in [5.41, 5.74) is 7.60. The van der Waals surface area contributed by atoms with E-state index in [1.807, 2.05) is 18.2 Å². The van der Waals surface area contributed by atoms with Gasteiger partial charge in [0, 0.05) is 23.5 Å². The summed E-state index contributed by atoms with van der Waals surface area (Å²) in [7, 11) is 0. The quantitative estimate of drug-likeness (QED) is 0.874. The maximum atomic E-state index is 12.4. The fraction of sp³-hybridized carbons (Fsp3) is 0.294. The molecule has 3 N–H and O–H groups in total. The topological polar surface area (TPSA) is 75.4 Å². The minimum atomic E-state index is -0.476. The van der Waals surface area contributed by atoms with Crippen LogP contribution in [0.3, 0.4) is 0 Å². The van der Waals surface area contributed by atoms with Gasteiger partial charge in [-0.3, -0.25) is 14.5 Å². The molecule has 1 aromatic heterocycles. The number of halogens is 1. The van der Waals surface area contributed by atoms with E-state index in [1.54, 1.807) is 12.1 Å². The number of nitrogens with two attached hydrogens (primary N) is 1. The van der Waals surface area contributed by atoms with Crippen molar-refractivity contribution in [3.8, 4) is 0 Å². The van der Waals surface area contributed by atoms with Crippen LogP contribution in [0.25, 0.3) is 0 Å². The van der Waals surface area contributed by atoms with E-state index < -0.39 is 5.91 Å². The first-order valence-corrected chi connectivity index (χ1v) is 8.45. The SMILES string of the molecule is CCN1CCc2c(sc(NC(=O)c3ccccc3)c2C(N)=O)C1.Cl. The average Bonchev–Trinajstić information content (AvgIpc) is 2.92. The Morgan fingerprint density at radius 2 is 2.00 bits per heavy atom. The number of thiophene rings is 1. The highest BCUT2D eigenvalue weighted by atomic mass is 35.5. The van der Waals surface area contributed by atoms with Crippen LogP contribution in [0.1, 0.15) is 38.1 Å². The largest absolute Gasteiger partial charge is 0.365 e. The number of amides is 2. The molecule has 5 nitrogen and oxygen atoms in total. The highest BCUT2D eigenvalue weighted by Crippen LogP contribution is 2.37. The second kappa shape index (κ2) is 7.79. The van der Waals surface area contributed by atoms with Gasteiger partial charge in [-0.1, -0.05) is 25.1 Å². The summed E-state index contributed by atoms with van der Waals surface area (Å²) in [6.07, 6.45) is 0.791. The smallest absolute Gasteiger partial charge is 0.256 e. The van der Waals surface area contributed by atoms with Crippen molar-refractivity contribution in [2.45, 2.75) is 19.9 Å². The predicted molar refractivity (Wildman–Crippen MR) is 99.1 cm³/mol. The zero-order valence-electron chi connectivity index (χ0n) is 13.4. The molecule has 1 aliphatic rings. The van der Waals surface area contributed by atoms with Crippen LogP contribution in [0.2, 0.25) is 0 Å². The van der Waals surface area contributed by atoms with Crippen LogP contribution in [0, 0.1) is 0 Å². The van der Waals surface area contributed by atoms with Crippen molar-refractivity contribution in [2.24, 2.45) is 5.73 Å². The third-order valence-corrected chi connectivity index (χ3v) is 5.22. The van der Waals surface area contributed by atoms with Gasteiger partial charge >= 0.3 is 0 Å². The monoisotopic (exact) mass is 365 g/mol. The second-order valence-corrected chi connectivity index (χ2v) is 6.62. The molecule has 2 heterocycles. The van der Waals surface area contributed by atoms with Crippen LogP contribution in [0.4, 0.5) is 5.00 Å². The van der Waals surface area contributed by atoms with Crippen LogP contribution in [0.5, 0.6) is 0 Å². The van der Waals surface area contributed by atoms with E-state index in [0.29, 0.717) is 16.1 Å². The number of benzene rings is 1. The number of anilines is 1. The zero-order valence-corrected chi connectivity index (χ0v) is 15.0. The van der Waals surface area contributed by atoms with E-state index in [-0.39, 0.29) is 18.3 Å². The van der Waals surface area contributed by atoms with Crippen LogP contribution in [-0.2, 0) is 13.0 Å². The molecular weight excluding hydrogens is 346 g/mol. The van der Waals surface area contributed by atoms with Gasteiger partial charge in [0.1, 0.15) is 5.00 Å². The lowest BCUT2D eigenvalue weighted by Gasteiger charge is -2.25. The average molecular weight is 366 g/mol. The van der Waals surface area contributed by atoms with Crippen molar-refractivity contribution in [2.75, 3.05) is 18.4 Å². The lowest BCUT2D eigenvalue weighted by Crippen LogP contribution is -2.30. The highest BCUT2D eigenvalue weighted by Gasteiger charge is 2.27. The number of rotatable bonds is 4. The predicted octanol–water partition coefficient (Wildman–Crippen LogP) is 2.90. The van der Waals surface area contributed by atoms with E-state index in [4.69, 9.17) is 5.73 Å². The van der Waals surface area contributed by atoms with E-state index in [9.17, 15) is 9.59 Å². The Bertz CT molecular complexity index is 746. The second-order valence-electron chi connectivity index (χ2n) is 5.51. The van der Waals surface area contributed by atoms with Crippen LogP contribution >= 0.6 is 23.7 Å². The summed E-state index contributed by atoms with van der Waals surface area (Å²) < 4.78 is 0. The summed E-state index contributed by atoms with van der Waals surface area (Å²) in [6, 6.07) is 8.96. The molecule has 0 bridgehead atoms. The molecule has 1 aromatic carbocycles. The van der Waals surface area contributed by atoms with Gasteiger partial charge in [-0.05, 0) is 30.7 Å². The molecule has 2 aromatic rings. The molecule has 0 radical (unpaired) electrons. The first-order chi connectivity index (χ1) is 11.1. The first-order valence-electron chi connectivity index (χ1n) is 7.63. The molecule has 7 heteroatoms. The zero-order chi connectivity index (χ0) is 16.4. The normalized spacial score (nSPS) is 13.7. The van der Waals surface area contributed by atoms with Gasteiger partial charge in [0.05, 0.1) is 5.56 Å². The molecule has 0 spiro atoms. The Morgan fingerprint density at radius 1 is 1.29 bits per heavy atom. The molecule has 0 fully saturated rings. The lowest BCUT2D eigenvalue weighted by molar-refractivity contribution is 0.1000. The summed E-state index contributed by atoms with van der Waals surface area (Å²) in [6.45, 7) is 4.80. The first kappa shape index (κ1) is 18.4. The van der Waals surface area contributed by atoms with Gasteiger partial charge in [0.15, 0.2) is 0 Å². The fourth-order valence-electron chi connectivity index (χ4n) is 2.84. The number of primary amides is 1. The summed E-state index contributed by atoms with van der Waals surface area (Å²) >= 11 is 1.46. The number of hydrogen-bond donors (Lipinski definition) is 2. The van der Waals surface area contributed by atoms with Gasteiger partial charge in [-0.25, -0.2) is 0 Å². The molecule has 3 rings (SSSR count). The third-order valence-electron chi connectivity index (χ3n) is 4.09. The number of hydrogen-bond acceptors (Lipinski definition) is 4. The van der Waals surface area contributed by atoms with Crippen molar-refractivity contribution in [3.05, 3.63) is 51.9 Å². The van der Waals surface area contributed by atoms with E-state index in [0.717, 1.165) is 36.5 Å². The Labute approximate surface area is 151 Å². The number of nitrogens with zero attached hydrogens (tertiary/aromatic N) is 1. The van der Waals surface area contributed by atoms with Gasteiger partial charge in [-0.2, -0.15) is 0 Å². The summed E-state index contributed by atoms with van der Waals surface area (Å²) in [4.78, 5) is 27.7. The summed E-state index contributed by atoms with van der Waals surface area (Å²) in [5, 5.41) is 3.42. The molecule has 128 valence electrons. The molecule has 24 heavy (non-hydrogen) atoms. The van der Waals surface area contributed by atoms with Crippen molar-refractivity contribution in [1.29, 1.82) is 0 Å². The van der Waals surface area contributed by atoms with Crippen LogP contribution < -0.4 is 11.1 Å². The lowest BCUT2D eigenvalue weighted by atomic mass is 10.0. The van der Waals surface area contributed by atoms with E-state index >= 15 is 0 Å². The number of likely N-dealkylation sites (N-methyl/N-ethyl adjacent to an activating group) is 1. The molecular formula is C17H20ClN3O2S. The number of fused-ring (bicyclic) bond motifs is 1. The Kier molecular flexibility index (Phi) is 5.99. The van der Waals surface area contributed by atoms with Crippen molar-refractivity contribution in [1.82, 2.24) is 4.90 Å². The molecule has 0 saturated heterocycles.